The fourth-order valence-electron chi connectivity index (χ4n) is 5.10. The number of rotatable bonds is 6. The SMILES string of the molecule is CC.COc1ccc(-c2nc3c(C(=O)N4CCN([C@@H](CO)c5ccccc5)CC4)cnn3c(C(F)(F)F)c2C)cc1. The molecule has 2 aromatic carbocycles. The molecule has 0 unspecified atom stereocenters. The van der Waals surface area contributed by atoms with Crippen LogP contribution in [0.2, 0.25) is 0 Å². The van der Waals surface area contributed by atoms with Crippen LogP contribution in [0.5, 0.6) is 5.75 Å². The van der Waals surface area contributed by atoms with E-state index < -0.39 is 17.8 Å². The van der Waals surface area contributed by atoms with Crippen molar-refractivity contribution in [2.45, 2.75) is 33.0 Å². The van der Waals surface area contributed by atoms with E-state index in [0.29, 0.717) is 42.0 Å². The maximum absolute atomic E-state index is 14.2. The summed E-state index contributed by atoms with van der Waals surface area (Å²) in [5, 5.41) is 13.9. The number of hydrogen-bond acceptors (Lipinski definition) is 6. The molecule has 0 spiro atoms. The number of aliphatic hydroxyl groups is 1. The van der Waals surface area contributed by atoms with Gasteiger partial charge >= 0.3 is 6.18 Å². The van der Waals surface area contributed by atoms with Crippen molar-refractivity contribution >= 4 is 11.6 Å². The fraction of sp³-hybridized carbons (Fsp3) is 0.367. The summed E-state index contributed by atoms with van der Waals surface area (Å²) in [5.74, 6) is 0.124. The van der Waals surface area contributed by atoms with Gasteiger partial charge in [0.2, 0.25) is 0 Å². The number of alkyl halides is 3. The molecule has 1 aliphatic rings. The van der Waals surface area contributed by atoms with Crippen LogP contribution in [0.15, 0.2) is 60.8 Å². The van der Waals surface area contributed by atoms with Gasteiger partial charge in [-0.1, -0.05) is 44.2 Å². The molecule has 1 atom stereocenters. The number of methoxy groups -OCH3 is 1. The molecular weight excluding hydrogens is 535 g/mol. The van der Waals surface area contributed by atoms with E-state index in [0.717, 1.165) is 11.8 Å². The van der Waals surface area contributed by atoms with E-state index in [1.54, 1.807) is 29.2 Å². The average Bonchev–Trinajstić information content (AvgIpc) is 3.41. The lowest BCUT2D eigenvalue weighted by molar-refractivity contribution is -0.143. The van der Waals surface area contributed by atoms with Gasteiger partial charge in [-0.05, 0) is 36.8 Å². The number of benzene rings is 2. The molecule has 41 heavy (non-hydrogen) atoms. The smallest absolute Gasteiger partial charge is 0.433 e. The van der Waals surface area contributed by atoms with Gasteiger partial charge in [-0.3, -0.25) is 9.69 Å². The third kappa shape index (κ3) is 6.06. The Morgan fingerprint density at radius 2 is 1.66 bits per heavy atom. The molecule has 218 valence electrons. The van der Waals surface area contributed by atoms with E-state index in [2.05, 4.69) is 15.0 Å². The third-order valence-corrected chi connectivity index (χ3v) is 7.15. The van der Waals surface area contributed by atoms with E-state index >= 15 is 0 Å². The highest BCUT2D eigenvalue weighted by Gasteiger charge is 2.39. The number of ether oxygens (including phenoxy) is 1. The molecule has 0 aliphatic carbocycles. The Bertz CT molecular complexity index is 1470. The zero-order valence-electron chi connectivity index (χ0n) is 23.5. The minimum absolute atomic E-state index is 0.00507. The molecule has 5 rings (SSSR count). The zero-order chi connectivity index (χ0) is 29.7. The summed E-state index contributed by atoms with van der Waals surface area (Å²) in [6.45, 7) is 6.99. The summed E-state index contributed by atoms with van der Waals surface area (Å²) in [6.07, 6.45) is -3.56. The van der Waals surface area contributed by atoms with Crippen molar-refractivity contribution in [1.82, 2.24) is 24.4 Å². The van der Waals surface area contributed by atoms with Gasteiger partial charge in [-0.15, -0.1) is 0 Å². The first-order chi connectivity index (χ1) is 19.7. The highest BCUT2D eigenvalue weighted by atomic mass is 19.4. The Morgan fingerprint density at radius 1 is 1.02 bits per heavy atom. The standard InChI is InChI=1S/C28H28F3N5O3.C2H6/c1-18-24(20-8-10-21(39-2)11-9-20)33-26-22(16-32-36(26)25(18)28(29,30)31)27(38)35-14-12-34(13-15-35)23(17-37)19-6-4-3-5-7-19;1-2/h3-11,16,23,37H,12-15,17H2,1-2H3;1-2H3/t23-;/m0./s1. The molecule has 0 saturated carbocycles. The summed E-state index contributed by atoms with van der Waals surface area (Å²) in [4.78, 5) is 21.7. The number of nitrogens with zero attached hydrogens (tertiary/aromatic N) is 5. The van der Waals surface area contributed by atoms with Crippen LogP contribution in [0.3, 0.4) is 0 Å². The van der Waals surface area contributed by atoms with Crippen LogP contribution in [0.1, 0.15) is 47.1 Å². The second kappa shape index (κ2) is 12.7. The van der Waals surface area contributed by atoms with Crippen LogP contribution in [-0.4, -0.2) is 75.3 Å². The van der Waals surface area contributed by atoms with Gasteiger partial charge < -0.3 is 14.7 Å². The number of halogens is 3. The summed E-state index contributed by atoms with van der Waals surface area (Å²) < 4.78 is 48.5. The molecule has 2 aromatic heterocycles. The van der Waals surface area contributed by atoms with Gasteiger partial charge in [0.25, 0.3) is 5.91 Å². The molecule has 8 nitrogen and oxygen atoms in total. The summed E-state index contributed by atoms with van der Waals surface area (Å²) >= 11 is 0. The van der Waals surface area contributed by atoms with Crippen molar-refractivity contribution in [3.8, 4) is 17.0 Å². The number of aliphatic hydroxyl groups excluding tert-OH is 1. The molecule has 1 N–H and O–H groups in total. The molecule has 1 amide bonds. The number of piperazine rings is 1. The maximum Gasteiger partial charge on any atom is 0.433 e. The normalized spacial score (nSPS) is 14.9. The van der Waals surface area contributed by atoms with E-state index in [-0.39, 0.29) is 35.1 Å². The Hall–Kier alpha value is -3.96. The molecule has 1 saturated heterocycles. The van der Waals surface area contributed by atoms with E-state index in [9.17, 15) is 23.1 Å². The lowest BCUT2D eigenvalue weighted by atomic mass is 10.0. The Balaban J connectivity index is 0.00000189. The lowest BCUT2D eigenvalue weighted by Gasteiger charge is -2.38. The summed E-state index contributed by atoms with van der Waals surface area (Å²) in [6, 6.07) is 16.0. The van der Waals surface area contributed by atoms with Crippen molar-refractivity contribution in [2.75, 3.05) is 39.9 Å². The zero-order valence-corrected chi connectivity index (χ0v) is 23.5. The first kappa shape index (κ1) is 30.0. The highest BCUT2D eigenvalue weighted by Crippen LogP contribution is 2.37. The predicted octanol–water partition coefficient (Wildman–Crippen LogP) is 5.25. The number of fused-ring (bicyclic) bond motifs is 1. The molecule has 3 heterocycles. The van der Waals surface area contributed by atoms with Crippen LogP contribution >= 0.6 is 0 Å². The second-order valence-electron chi connectivity index (χ2n) is 9.39. The molecule has 1 aliphatic heterocycles. The van der Waals surface area contributed by atoms with Gasteiger partial charge in [0.15, 0.2) is 11.3 Å². The Labute approximate surface area is 237 Å². The number of carbonyl (C=O) groups is 1. The largest absolute Gasteiger partial charge is 0.497 e. The molecular formula is C30H34F3N5O3. The van der Waals surface area contributed by atoms with Crippen LogP contribution < -0.4 is 4.74 Å². The molecule has 0 bridgehead atoms. The highest BCUT2D eigenvalue weighted by molar-refractivity contribution is 6.00. The van der Waals surface area contributed by atoms with Crippen molar-refractivity contribution in [1.29, 1.82) is 0 Å². The molecule has 11 heteroatoms. The summed E-state index contributed by atoms with van der Waals surface area (Å²) in [7, 11) is 1.50. The van der Waals surface area contributed by atoms with Crippen LogP contribution in [0, 0.1) is 6.92 Å². The monoisotopic (exact) mass is 569 g/mol. The van der Waals surface area contributed by atoms with E-state index in [1.807, 2.05) is 44.2 Å². The number of amides is 1. The summed E-state index contributed by atoms with van der Waals surface area (Å²) in [5.41, 5.74) is 0.348. The molecule has 0 radical (unpaired) electrons. The lowest BCUT2D eigenvalue weighted by Crippen LogP contribution is -2.50. The van der Waals surface area contributed by atoms with E-state index in [1.165, 1.54) is 14.0 Å². The Morgan fingerprint density at radius 3 is 2.22 bits per heavy atom. The number of aromatic nitrogens is 3. The second-order valence-corrected chi connectivity index (χ2v) is 9.39. The third-order valence-electron chi connectivity index (χ3n) is 7.15. The van der Waals surface area contributed by atoms with Crippen LogP contribution in [0.25, 0.3) is 16.9 Å². The average molecular weight is 570 g/mol. The van der Waals surface area contributed by atoms with Crippen molar-refractivity contribution in [2.24, 2.45) is 0 Å². The van der Waals surface area contributed by atoms with Gasteiger partial charge in [0.1, 0.15) is 11.3 Å². The minimum atomic E-state index is -4.72. The van der Waals surface area contributed by atoms with Crippen molar-refractivity contribution in [3.63, 3.8) is 0 Å². The number of hydrogen-bond donors (Lipinski definition) is 1. The van der Waals surface area contributed by atoms with Crippen molar-refractivity contribution in [3.05, 3.63) is 83.2 Å². The quantitative estimate of drug-likeness (QED) is 0.342. The maximum atomic E-state index is 14.2. The number of carbonyl (C=O) groups excluding carboxylic acids is 1. The van der Waals surface area contributed by atoms with Gasteiger partial charge in [-0.25, -0.2) is 9.50 Å². The molecule has 1 fully saturated rings. The first-order valence-electron chi connectivity index (χ1n) is 13.5. The van der Waals surface area contributed by atoms with Gasteiger partial charge in [0.05, 0.1) is 31.6 Å². The fourth-order valence-corrected chi connectivity index (χ4v) is 5.10. The topological polar surface area (TPSA) is 83.2 Å². The van der Waals surface area contributed by atoms with Crippen molar-refractivity contribution < 1.29 is 27.8 Å². The predicted molar refractivity (Wildman–Crippen MR) is 150 cm³/mol. The minimum Gasteiger partial charge on any atom is -0.497 e. The first-order valence-corrected chi connectivity index (χ1v) is 13.5. The van der Waals surface area contributed by atoms with Gasteiger partial charge in [0, 0.05) is 37.3 Å². The van der Waals surface area contributed by atoms with Gasteiger partial charge in [-0.2, -0.15) is 18.3 Å². The molecule has 4 aromatic rings. The van der Waals surface area contributed by atoms with Crippen LogP contribution in [0.4, 0.5) is 13.2 Å². The van der Waals surface area contributed by atoms with Crippen LogP contribution in [-0.2, 0) is 6.18 Å². The Kier molecular flexibility index (Phi) is 9.29. The van der Waals surface area contributed by atoms with E-state index in [4.69, 9.17) is 4.74 Å².